The standard InChI is InChI=1S/C28H36N2O2/c1-19(2)29-27(32)28(12-14-30(15-13-28)26(31)25-16-21(25)4)18-22-9-7-10-23(17-22)24-11-6-5-8-20(24)3/h5-11,17,19,21,25H,12-16,18H2,1-4H3,(H,29,32)/t21-,25+/m1/s1. The Morgan fingerprint density at radius 3 is 2.41 bits per heavy atom. The van der Waals surface area contributed by atoms with Gasteiger partial charge in [0, 0.05) is 25.0 Å². The molecule has 4 rings (SSSR count). The molecule has 1 heterocycles. The van der Waals surface area contributed by atoms with Gasteiger partial charge in [-0.05, 0) is 74.6 Å². The molecule has 4 heteroatoms. The molecule has 1 saturated heterocycles. The molecule has 1 aliphatic carbocycles. The third kappa shape index (κ3) is 4.74. The SMILES string of the molecule is Cc1ccccc1-c1cccc(CC2(C(=O)NC(C)C)CCN(C(=O)[C@H]3C[C@H]3C)CC2)c1. The van der Waals surface area contributed by atoms with Crippen LogP contribution in [0.3, 0.4) is 0 Å². The highest BCUT2D eigenvalue weighted by molar-refractivity contribution is 5.85. The summed E-state index contributed by atoms with van der Waals surface area (Å²) in [6.07, 6.45) is 3.15. The number of amides is 2. The number of carbonyl (C=O) groups is 2. The van der Waals surface area contributed by atoms with Crippen molar-refractivity contribution in [2.75, 3.05) is 13.1 Å². The van der Waals surface area contributed by atoms with Crippen molar-refractivity contribution in [3.63, 3.8) is 0 Å². The maximum absolute atomic E-state index is 13.4. The monoisotopic (exact) mass is 432 g/mol. The zero-order chi connectivity index (χ0) is 22.9. The molecule has 2 amide bonds. The summed E-state index contributed by atoms with van der Waals surface area (Å²) in [5, 5.41) is 3.17. The minimum atomic E-state index is -0.472. The van der Waals surface area contributed by atoms with Gasteiger partial charge < -0.3 is 10.2 Å². The normalized spacial score (nSPS) is 22.0. The molecule has 2 atom stereocenters. The van der Waals surface area contributed by atoms with Crippen molar-refractivity contribution >= 4 is 11.8 Å². The summed E-state index contributed by atoms with van der Waals surface area (Å²) in [6, 6.07) is 17.1. The van der Waals surface area contributed by atoms with E-state index < -0.39 is 5.41 Å². The van der Waals surface area contributed by atoms with Crippen LogP contribution in [-0.4, -0.2) is 35.8 Å². The van der Waals surface area contributed by atoms with Gasteiger partial charge in [0.05, 0.1) is 5.41 Å². The minimum Gasteiger partial charge on any atom is -0.353 e. The lowest BCUT2D eigenvalue weighted by molar-refractivity contribution is -0.141. The number of rotatable bonds is 6. The van der Waals surface area contributed by atoms with Crippen LogP contribution in [0.25, 0.3) is 11.1 Å². The van der Waals surface area contributed by atoms with Gasteiger partial charge in [0.25, 0.3) is 0 Å². The van der Waals surface area contributed by atoms with Crippen molar-refractivity contribution in [2.24, 2.45) is 17.3 Å². The molecule has 0 unspecified atom stereocenters. The van der Waals surface area contributed by atoms with Gasteiger partial charge >= 0.3 is 0 Å². The van der Waals surface area contributed by atoms with Crippen molar-refractivity contribution in [3.05, 3.63) is 59.7 Å². The van der Waals surface area contributed by atoms with E-state index in [-0.39, 0.29) is 23.8 Å². The molecule has 170 valence electrons. The smallest absolute Gasteiger partial charge is 0.226 e. The first kappa shape index (κ1) is 22.6. The number of benzene rings is 2. The van der Waals surface area contributed by atoms with Gasteiger partial charge in [-0.1, -0.05) is 55.5 Å². The highest BCUT2D eigenvalue weighted by atomic mass is 16.2. The number of nitrogens with one attached hydrogen (secondary N) is 1. The van der Waals surface area contributed by atoms with E-state index in [0.29, 0.717) is 38.3 Å². The second kappa shape index (κ2) is 9.09. The number of hydrogen-bond acceptors (Lipinski definition) is 2. The van der Waals surface area contributed by atoms with Crippen LogP contribution in [-0.2, 0) is 16.0 Å². The number of carbonyl (C=O) groups excluding carboxylic acids is 2. The van der Waals surface area contributed by atoms with Gasteiger partial charge in [0.15, 0.2) is 0 Å². The number of piperidine rings is 1. The molecule has 2 aromatic carbocycles. The Balaban J connectivity index is 1.56. The van der Waals surface area contributed by atoms with E-state index in [2.05, 4.69) is 67.7 Å². The molecule has 2 fully saturated rings. The van der Waals surface area contributed by atoms with Crippen LogP contribution >= 0.6 is 0 Å². The molecule has 0 spiro atoms. The number of aryl methyl sites for hydroxylation is 1. The first-order chi connectivity index (χ1) is 15.3. The van der Waals surface area contributed by atoms with Crippen LogP contribution in [0.4, 0.5) is 0 Å². The molecular formula is C28H36N2O2. The molecule has 1 N–H and O–H groups in total. The van der Waals surface area contributed by atoms with Gasteiger partial charge in [-0.25, -0.2) is 0 Å². The van der Waals surface area contributed by atoms with E-state index in [1.54, 1.807) is 0 Å². The summed E-state index contributed by atoms with van der Waals surface area (Å²) < 4.78 is 0. The second-order valence-electron chi connectivity index (χ2n) is 10.2. The predicted molar refractivity (Wildman–Crippen MR) is 129 cm³/mol. The third-order valence-corrected chi connectivity index (χ3v) is 7.29. The number of nitrogens with zero attached hydrogens (tertiary/aromatic N) is 1. The maximum Gasteiger partial charge on any atom is 0.226 e. The van der Waals surface area contributed by atoms with Crippen LogP contribution in [0.1, 0.15) is 51.2 Å². The highest BCUT2D eigenvalue weighted by Gasteiger charge is 2.46. The summed E-state index contributed by atoms with van der Waals surface area (Å²) in [6.45, 7) is 9.65. The highest BCUT2D eigenvalue weighted by Crippen LogP contribution is 2.42. The summed E-state index contributed by atoms with van der Waals surface area (Å²) in [7, 11) is 0. The summed E-state index contributed by atoms with van der Waals surface area (Å²) in [4.78, 5) is 28.1. The summed E-state index contributed by atoms with van der Waals surface area (Å²) >= 11 is 0. The average Bonchev–Trinajstić information content (AvgIpc) is 3.50. The van der Waals surface area contributed by atoms with Crippen LogP contribution in [0.5, 0.6) is 0 Å². The second-order valence-corrected chi connectivity index (χ2v) is 10.2. The largest absolute Gasteiger partial charge is 0.353 e. The van der Waals surface area contributed by atoms with Crippen molar-refractivity contribution in [3.8, 4) is 11.1 Å². The zero-order valence-electron chi connectivity index (χ0n) is 19.9. The lowest BCUT2D eigenvalue weighted by Gasteiger charge is -2.41. The Hall–Kier alpha value is -2.62. The number of hydrogen-bond donors (Lipinski definition) is 1. The molecule has 2 aliphatic rings. The van der Waals surface area contributed by atoms with E-state index in [1.807, 2.05) is 18.7 Å². The van der Waals surface area contributed by atoms with Gasteiger partial charge in [0.1, 0.15) is 0 Å². The fourth-order valence-corrected chi connectivity index (χ4v) is 5.09. The third-order valence-electron chi connectivity index (χ3n) is 7.29. The van der Waals surface area contributed by atoms with Crippen molar-refractivity contribution in [2.45, 2.75) is 59.4 Å². The van der Waals surface area contributed by atoms with E-state index in [4.69, 9.17) is 0 Å². The fraction of sp³-hybridized carbons (Fsp3) is 0.500. The van der Waals surface area contributed by atoms with E-state index in [0.717, 1.165) is 6.42 Å². The van der Waals surface area contributed by atoms with Gasteiger partial charge in [-0.3, -0.25) is 9.59 Å². The molecule has 4 nitrogen and oxygen atoms in total. The van der Waals surface area contributed by atoms with Crippen LogP contribution in [0.2, 0.25) is 0 Å². The van der Waals surface area contributed by atoms with Crippen LogP contribution in [0, 0.1) is 24.2 Å². The molecule has 0 aromatic heterocycles. The molecule has 2 aromatic rings. The quantitative estimate of drug-likeness (QED) is 0.699. The summed E-state index contributed by atoms with van der Waals surface area (Å²) in [5.74, 6) is 1.14. The lowest BCUT2D eigenvalue weighted by Crippen LogP contribution is -2.52. The Bertz CT molecular complexity index is 988. The predicted octanol–water partition coefficient (Wildman–Crippen LogP) is 4.99. The molecule has 32 heavy (non-hydrogen) atoms. The average molecular weight is 433 g/mol. The Morgan fingerprint density at radius 1 is 1.09 bits per heavy atom. The molecule has 1 aliphatic heterocycles. The molecule has 0 radical (unpaired) electrons. The van der Waals surface area contributed by atoms with Gasteiger partial charge in [0.2, 0.25) is 11.8 Å². The molecule has 1 saturated carbocycles. The Kier molecular flexibility index (Phi) is 6.41. The Morgan fingerprint density at radius 2 is 1.78 bits per heavy atom. The van der Waals surface area contributed by atoms with Crippen molar-refractivity contribution in [1.82, 2.24) is 10.2 Å². The first-order valence-corrected chi connectivity index (χ1v) is 12.0. The lowest BCUT2D eigenvalue weighted by atomic mass is 9.72. The Labute approximate surface area is 192 Å². The van der Waals surface area contributed by atoms with Crippen LogP contribution in [0.15, 0.2) is 48.5 Å². The van der Waals surface area contributed by atoms with Gasteiger partial charge in [-0.15, -0.1) is 0 Å². The fourth-order valence-electron chi connectivity index (χ4n) is 5.09. The minimum absolute atomic E-state index is 0.102. The van der Waals surface area contributed by atoms with Crippen molar-refractivity contribution < 1.29 is 9.59 Å². The number of likely N-dealkylation sites (tertiary alicyclic amines) is 1. The maximum atomic E-state index is 13.4. The van der Waals surface area contributed by atoms with E-state index in [1.165, 1.54) is 22.3 Å². The van der Waals surface area contributed by atoms with E-state index >= 15 is 0 Å². The zero-order valence-corrected chi connectivity index (χ0v) is 19.9. The van der Waals surface area contributed by atoms with Crippen LogP contribution < -0.4 is 5.32 Å². The topological polar surface area (TPSA) is 49.4 Å². The first-order valence-electron chi connectivity index (χ1n) is 12.0. The van der Waals surface area contributed by atoms with E-state index in [9.17, 15) is 9.59 Å². The van der Waals surface area contributed by atoms with Gasteiger partial charge in [-0.2, -0.15) is 0 Å². The van der Waals surface area contributed by atoms with Crippen molar-refractivity contribution in [1.29, 1.82) is 0 Å². The molecule has 0 bridgehead atoms. The summed E-state index contributed by atoms with van der Waals surface area (Å²) in [5.41, 5.74) is 4.38. The molecular weight excluding hydrogens is 396 g/mol.